The number of hydrogen-bond donors (Lipinski definition) is 2. The van der Waals surface area contributed by atoms with E-state index in [9.17, 15) is 14.0 Å². The molecule has 3 rings (SSSR count). The number of carbonyl (C=O) groups is 2. The zero-order valence-corrected chi connectivity index (χ0v) is 14.8. The summed E-state index contributed by atoms with van der Waals surface area (Å²) in [6, 6.07) is 21.5. The maximum Gasteiger partial charge on any atom is 0.255 e. The van der Waals surface area contributed by atoms with Crippen molar-refractivity contribution in [2.24, 2.45) is 0 Å². The quantitative estimate of drug-likeness (QED) is 0.698. The Morgan fingerprint density at radius 2 is 1.52 bits per heavy atom. The molecule has 0 spiro atoms. The van der Waals surface area contributed by atoms with Gasteiger partial charge in [0.1, 0.15) is 5.82 Å². The summed E-state index contributed by atoms with van der Waals surface area (Å²) in [6.45, 7) is 1.91. The molecule has 2 N–H and O–H groups in total. The Bertz CT molecular complexity index is 940. The molecule has 136 valence electrons. The third-order valence-electron chi connectivity index (χ3n) is 4.14. The molecule has 0 radical (unpaired) electrons. The van der Waals surface area contributed by atoms with Crippen LogP contribution < -0.4 is 10.6 Å². The molecule has 0 unspecified atom stereocenters. The predicted octanol–water partition coefficient (Wildman–Crippen LogP) is 4.57. The number of halogens is 1. The predicted molar refractivity (Wildman–Crippen MR) is 103 cm³/mol. The first-order valence-electron chi connectivity index (χ1n) is 8.56. The van der Waals surface area contributed by atoms with E-state index in [-0.39, 0.29) is 17.9 Å². The standard InChI is InChI=1S/C22H19FN2O2/c1-15(16-6-3-2-4-7-16)24-22(27)18-8-5-9-20(14-18)25-21(26)17-10-12-19(23)13-11-17/h2-15H,1H3,(H,24,27)(H,25,26)/t15-/m0/s1. The second kappa shape index (κ2) is 8.27. The third kappa shape index (κ3) is 4.79. The van der Waals surface area contributed by atoms with Gasteiger partial charge in [0.25, 0.3) is 11.8 Å². The van der Waals surface area contributed by atoms with Gasteiger partial charge in [-0.25, -0.2) is 4.39 Å². The number of rotatable bonds is 5. The van der Waals surface area contributed by atoms with Crippen LogP contribution in [0.25, 0.3) is 0 Å². The van der Waals surface area contributed by atoms with Gasteiger partial charge in [-0.05, 0) is 55.0 Å². The van der Waals surface area contributed by atoms with Crippen LogP contribution in [-0.2, 0) is 0 Å². The molecule has 3 aromatic carbocycles. The summed E-state index contributed by atoms with van der Waals surface area (Å²) in [5.74, 6) is -1.01. The van der Waals surface area contributed by atoms with E-state index in [1.807, 2.05) is 37.3 Å². The lowest BCUT2D eigenvalue weighted by molar-refractivity contribution is 0.0938. The fraction of sp³-hybridized carbons (Fsp3) is 0.0909. The lowest BCUT2D eigenvalue weighted by atomic mass is 10.1. The zero-order chi connectivity index (χ0) is 19.2. The van der Waals surface area contributed by atoms with E-state index in [1.165, 1.54) is 24.3 Å². The van der Waals surface area contributed by atoms with E-state index in [1.54, 1.807) is 24.3 Å². The van der Waals surface area contributed by atoms with Crippen molar-refractivity contribution in [3.63, 3.8) is 0 Å². The molecule has 2 amide bonds. The molecule has 1 atom stereocenters. The number of amides is 2. The molecule has 0 fully saturated rings. The summed E-state index contributed by atoms with van der Waals surface area (Å²) in [4.78, 5) is 24.7. The summed E-state index contributed by atoms with van der Waals surface area (Å²) in [6.07, 6.45) is 0. The molecular formula is C22H19FN2O2. The van der Waals surface area contributed by atoms with E-state index >= 15 is 0 Å². The van der Waals surface area contributed by atoms with Crippen molar-refractivity contribution < 1.29 is 14.0 Å². The lowest BCUT2D eigenvalue weighted by Crippen LogP contribution is -2.26. The van der Waals surface area contributed by atoms with Crippen molar-refractivity contribution >= 4 is 17.5 Å². The van der Waals surface area contributed by atoms with Crippen molar-refractivity contribution in [3.05, 3.63) is 101 Å². The summed E-state index contributed by atoms with van der Waals surface area (Å²) < 4.78 is 13.0. The van der Waals surface area contributed by atoms with Gasteiger partial charge >= 0.3 is 0 Å². The Kier molecular flexibility index (Phi) is 5.61. The largest absolute Gasteiger partial charge is 0.346 e. The van der Waals surface area contributed by atoms with Gasteiger partial charge in [0.2, 0.25) is 0 Å². The highest BCUT2D eigenvalue weighted by Gasteiger charge is 2.13. The maximum atomic E-state index is 13.0. The Morgan fingerprint density at radius 3 is 2.22 bits per heavy atom. The van der Waals surface area contributed by atoms with E-state index < -0.39 is 5.82 Å². The second-order valence-electron chi connectivity index (χ2n) is 6.15. The minimum atomic E-state index is -0.405. The molecule has 0 bridgehead atoms. The minimum absolute atomic E-state index is 0.142. The highest BCUT2D eigenvalue weighted by molar-refractivity contribution is 6.05. The Balaban J connectivity index is 1.68. The van der Waals surface area contributed by atoms with E-state index in [0.29, 0.717) is 16.8 Å². The second-order valence-corrected chi connectivity index (χ2v) is 6.15. The fourth-order valence-electron chi connectivity index (χ4n) is 2.65. The van der Waals surface area contributed by atoms with Crippen LogP contribution in [0.3, 0.4) is 0 Å². The van der Waals surface area contributed by atoms with Crippen LogP contribution in [0.15, 0.2) is 78.9 Å². The molecule has 0 aliphatic carbocycles. The van der Waals surface area contributed by atoms with Gasteiger partial charge in [-0.3, -0.25) is 9.59 Å². The SMILES string of the molecule is C[C@H](NC(=O)c1cccc(NC(=O)c2ccc(F)cc2)c1)c1ccccc1. The highest BCUT2D eigenvalue weighted by atomic mass is 19.1. The van der Waals surface area contributed by atoms with Crippen molar-refractivity contribution in [1.82, 2.24) is 5.32 Å². The van der Waals surface area contributed by atoms with Crippen molar-refractivity contribution in [3.8, 4) is 0 Å². The van der Waals surface area contributed by atoms with Gasteiger partial charge in [-0.1, -0.05) is 36.4 Å². The van der Waals surface area contributed by atoms with Crippen LogP contribution in [0.2, 0.25) is 0 Å². The van der Waals surface area contributed by atoms with Crippen LogP contribution in [-0.4, -0.2) is 11.8 Å². The first-order valence-corrected chi connectivity index (χ1v) is 8.56. The molecule has 27 heavy (non-hydrogen) atoms. The third-order valence-corrected chi connectivity index (χ3v) is 4.14. The van der Waals surface area contributed by atoms with Gasteiger partial charge in [0, 0.05) is 16.8 Å². The maximum absolute atomic E-state index is 13.0. The molecular weight excluding hydrogens is 343 g/mol. The monoisotopic (exact) mass is 362 g/mol. The summed E-state index contributed by atoms with van der Waals surface area (Å²) in [5, 5.41) is 5.65. The lowest BCUT2D eigenvalue weighted by Gasteiger charge is -2.15. The minimum Gasteiger partial charge on any atom is -0.346 e. The molecule has 3 aromatic rings. The molecule has 0 aromatic heterocycles. The summed E-state index contributed by atoms with van der Waals surface area (Å²) in [7, 11) is 0. The van der Waals surface area contributed by atoms with Crippen LogP contribution in [0.4, 0.5) is 10.1 Å². The molecule has 0 saturated heterocycles. The highest BCUT2D eigenvalue weighted by Crippen LogP contribution is 2.16. The zero-order valence-electron chi connectivity index (χ0n) is 14.8. The molecule has 0 saturated carbocycles. The molecule has 4 nitrogen and oxygen atoms in total. The summed E-state index contributed by atoms with van der Waals surface area (Å²) >= 11 is 0. The Hall–Kier alpha value is -3.47. The Morgan fingerprint density at radius 1 is 0.815 bits per heavy atom. The fourth-order valence-corrected chi connectivity index (χ4v) is 2.65. The first kappa shape index (κ1) is 18.3. The van der Waals surface area contributed by atoms with Gasteiger partial charge in [-0.15, -0.1) is 0 Å². The number of benzene rings is 3. The van der Waals surface area contributed by atoms with Crippen molar-refractivity contribution in [2.45, 2.75) is 13.0 Å². The number of anilines is 1. The van der Waals surface area contributed by atoms with Crippen LogP contribution in [0, 0.1) is 5.82 Å². The molecule has 5 heteroatoms. The van der Waals surface area contributed by atoms with Gasteiger partial charge in [0.15, 0.2) is 0 Å². The number of carbonyl (C=O) groups excluding carboxylic acids is 2. The Labute approximate surface area is 157 Å². The van der Waals surface area contributed by atoms with Crippen molar-refractivity contribution in [2.75, 3.05) is 5.32 Å². The number of nitrogens with one attached hydrogen (secondary N) is 2. The molecule has 0 aliphatic heterocycles. The normalized spacial score (nSPS) is 11.5. The average molecular weight is 362 g/mol. The molecule has 0 heterocycles. The number of hydrogen-bond acceptors (Lipinski definition) is 2. The average Bonchev–Trinajstić information content (AvgIpc) is 2.69. The van der Waals surface area contributed by atoms with E-state index in [0.717, 1.165) is 5.56 Å². The van der Waals surface area contributed by atoms with Gasteiger partial charge in [0.05, 0.1) is 6.04 Å². The smallest absolute Gasteiger partial charge is 0.255 e. The van der Waals surface area contributed by atoms with Gasteiger partial charge < -0.3 is 10.6 Å². The topological polar surface area (TPSA) is 58.2 Å². The van der Waals surface area contributed by atoms with Crippen molar-refractivity contribution in [1.29, 1.82) is 0 Å². The van der Waals surface area contributed by atoms with Crippen LogP contribution >= 0.6 is 0 Å². The van der Waals surface area contributed by atoms with Gasteiger partial charge in [-0.2, -0.15) is 0 Å². The van der Waals surface area contributed by atoms with Crippen LogP contribution in [0.5, 0.6) is 0 Å². The molecule has 0 aliphatic rings. The van der Waals surface area contributed by atoms with Crippen LogP contribution in [0.1, 0.15) is 39.2 Å². The van der Waals surface area contributed by atoms with E-state index in [2.05, 4.69) is 10.6 Å². The van der Waals surface area contributed by atoms with E-state index in [4.69, 9.17) is 0 Å². The summed E-state index contributed by atoms with van der Waals surface area (Å²) in [5.41, 5.74) is 2.27. The first-order chi connectivity index (χ1) is 13.0.